The molecule has 0 saturated carbocycles. The largest absolute Gasteiger partial charge is 0.350 e. The number of nitrogens with one attached hydrogen (secondary N) is 1. The Kier molecular flexibility index (Phi) is 10.4. The number of halogens is 1. The lowest BCUT2D eigenvalue weighted by Crippen LogP contribution is -2.56. The van der Waals surface area contributed by atoms with Crippen LogP contribution in [-0.4, -0.2) is 49.5 Å². The third-order valence-electron chi connectivity index (χ3n) is 6.35. The van der Waals surface area contributed by atoms with Crippen LogP contribution in [0.5, 0.6) is 0 Å². The van der Waals surface area contributed by atoms with E-state index in [1.165, 1.54) is 4.90 Å². The summed E-state index contributed by atoms with van der Waals surface area (Å²) in [6.45, 7) is 7.28. The van der Waals surface area contributed by atoms with Crippen LogP contribution in [0.15, 0.2) is 78.9 Å². The molecular formula is C31H38ClN3O4S. The van der Waals surface area contributed by atoms with Gasteiger partial charge in [-0.3, -0.25) is 13.9 Å². The first kappa shape index (κ1) is 31.2. The maximum Gasteiger partial charge on any atom is 0.244 e. The van der Waals surface area contributed by atoms with Crippen molar-refractivity contribution in [2.45, 2.75) is 58.7 Å². The summed E-state index contributed by atoms with van der Waals surface area (Å²) in [7, 11) is -3.81. The molecule has 214 valence electrons. The van der Waals surface area contributed by atoms with Crippen molar-refractivity contribution in [3.05, 3.63) is 101 Å². The second-order valence-corrected chi connectivity index (χ2v) is 13.2. The van der Waals surface area contributed by atoms with Gasteiger partial charge in [-0.05, 0) is 68.1 Å². The minimum Gasteiger partial charge on any atom is -0.350 e. The maximum atomic E-state index is 14.1. The fraction of sp³-hybridized carbons (Fsp3) is 0.355. The first-order valence-corrected chi connectivity index (χ1v) is 15.5. The summed E-state index contributed by atoms with van der Waals surface area (Å²) >= 11 is 6.09. The molecule has 2 amide bonds. The smallest absolute Gasteiger partial charge is 0.244 e. The average Bonchev–Trinajstić information content (AvgIpc) is 2.89. The molecule has 0 aliphatic rings. The number of nitrogens with zero attached hydrogens (tertiary/aromatic N) is 2. The Bertz CT molecular complexity index is 1390. The summed E-state index contributed by atoms with van der Waals surface area (Å²) in [5.74, 6) is -0.818. The Balaban J connectivity index is 2.05. The Morgan fingerprint density at radius 1 is 0.875 bits per heavy atom. The molecule has 3 aromatic rings. The van der Waals surface area contributed by atoms with Gasteiger partial charge in [0.05, 0.1) is 11.9 Å². The van der Waals surface area contributed by atoms with Gasteiger partial charge in [-0.1, -0.05) is 73.1 Å². The lowest BCUT2D eigenvalue weighted by molar-refractivity contribution is -0.140. The molecule has 3 rings (SSSR count). The number of sulfonamides is 1. The number of hydrogen-bond acceptors (Lipinski definition) is 4. The fourth-order valence-corrected chi connectivity index (χ4v) is 5.28. The lowest BCUT2D eigenvalue weighted by Gasteiger charge is -2.35. The highest BCUT2D eigenvalue weighted by Gasteiger charge is 2.34. The van der Waals surface area contributed by atoms with Gasteiger partial charge in [-0.25, -0.2) is 8.42 Å². The van der Waals surface area contributed by atoms with Crippen LogP contribution in [0, 0.1) is 0 Å². The zero-order valence-electron chi connectivity index (χ0n) is 23.7. The van der Waals surface area contributed by atoms with Crippen LogP contribution in [0.2, 0.25) is 5.02 Å². The van der Waals surface area contributed by atoms with Gasteiger partial charge in [0.1, 0.15) is 12.6 Å². The number of carbonyl (C=O) groups excluding carboxylic acids is 2. The van der Waals surface area contributed by atoms with Gasteiger partial charge in [0.2, 0.25) is 21.8 Å². The van der Waals surface area contributed by atoms with Crippen molar-refractivity contribution in [3.63, 3.8) is 0 Å². The van der Waals surface area contributed by atoms with Crippen molar-refractivity contribution in [3.8, 4) is 0 Å². The molecule has 7 nitrogen and oxygen atoms in total. The predicted octanol–water partition coefficient (Wildman–Crippen LogP) is 5.22. The van der Waals surface area contributed by atoms with E-state index >= 15 is 0 Å². The predicted molar refractivity (Wildman–Crippen MR) is 162 cm³/mol. The number of rotatable bonds is 11. The van der Waals surface area contributed by atoms with Crippen LogP contribution in [0.1, 0.15) is 44.4 Å². The second-order valence-electron chi connectivity index (χ2n) is 10.9. The molecule has 0 aliphatic heterocycles. The summed E-state index contributed by atoms with van der Waals surface area (Å²) < 4.78 is 26.9. The van der Waals surface area contributed by atoms with Gasteiger partial charge in [-0.2, -0.15) is 0 Å². The van der Waals surface area contributed by atoms with Crippen LogP contribution in [0.4, 0.5) is 5.69 Å². The van der Waals surface area contributed by atoms with E-state index < -0.39 is 34.1 Å². The molecule has 1 atom stereocenters. The van der Waals surface area contributed by atoms with Gasteiger partial charge in [0.25, 0.3) is 0 Å². The third-order valence-corrected chi connectivity index (χ3v) is 7.74. The van der Waals surface area contributed by atoms with Crippen LogP contribution < -0.4 is 9.62 Å². The van der Waals surface area contributed by atoms with Crippen molar-refractivity contribution in [1.29, 1.82) is 0 Å². The van der Waals surface area contributed by atoms with Crippen molar-refractivity contribution >= 4 is 39.1 Å². The molecule has 1 N–H and O–H groups in total. The highest BCUT2D eigenvalue weighted by Crippen LogP contribution is 2.22. The standard InChI is InChI=1S/C31H38ClN3O4S/c1-6-23-14-18-27(19-15-23)35(40(5,38)39)22-29(36)34(21-25-12-16-26(32)17-13-25)28(30(37)33-31(2,3)4)20-24-10-8-7-9-11-24/h7-19,28H,6,20-22H2,1-5H3,(H,33,37)/t28-/m1/s1. The molecule has 9 heteroatoms. The topological polar surface area (TPSA) is 86.8 Å². The number of carbonyl (C=O) groups is 2. The Morgan fingerprint density at radius 2 is 1.45 bits per heavy atom. The summed E-state index contributed by atoms with van der Waals surface area (Å²) in [5, 5.41) is 3.56. The molecule has 0 radical (unpaired) electrons. The van der Waals surface area contributed by atoms with E-state index in [0.717, 1.165) is 33.7 Å². The zero-order valence-corrected chi connectivity index (χ0v) is 25.3. The van der Waals surface area contributed by atoms with Crippen LogP contribution >= 0.6 is 11.6 Å². The van der Waals surface area contributed by atoms with Crippen LogP contribution in [-0.2, 0) is 39.0 Å². The molecule has 0 aromatic heterocycles. The van der Waals surface area contributed by atoms with Crippen molar-refractivity contribution in [2.24, 2.45) is 0 Å². The number of hydrogen-bond donors (Lipinski definition) is 1. The summed E-state index contributed by atoms with van der Waals surface area (Å²) in [6, 6.07) is 22.7. The Labute approximate surface area is 243 Å². The minimum absolute atomic E-state index is 0.0947. The van der Waals surface area contributed by atoms with E-state index in [-0.39, 0.29) is 18.9 Å². The summed E-state index contributed by atoms with van der Waals surface area (Å²) in [5.41, 5.74) is 2.53. The molecule has 0 aliphatic carbocycles. The van der Waals surface area contributed by atoms with E-state index in [4.69, 9.17) is 11.6 Å². The highest BCUT2D eigenvalue weighted by molar-refractivity contribution is 7.92. The molecule has 0 saturated heterocycles. The molecule has 40 heavy (non-hydrogen) atoms. The number of amides is 2. The van der Waals surface area contributed by atoms with Crippen molar-refractivity contribution in [1.82, 2.24) is 10.2 Å². The van der Waals surface area contributed by atoms with Crippen LogP contribution in [0.3, 0.4) is 0 Å². The Morgan fingerprint density at radius 3 is 1.98 bits per heavy atom. The maximum absolute atomic E-state index is 14.1. The average molecular weight is 584 g/mol. The molecule has 0 bridgehead atoms. The first-order chi connectivity index (χ1) is 18.8. The van der Waals surface area contributed by atoms with Crippen LogP contribution in [0.25, 0.3) is 0 Å². The molecule has 3 aromatic carbocycles. The third kappa shape index (κ3) is 9.10. The molecular weight excluding hydrogens is 546 g/mol. The molecule has 0 heterocycles. The van der Waals surface area contributed by atoms with Gasteiger partial charge in [0.15, 0.2) is 0 Å². The SMILES string of the molecule is CCc1ccc(N(CC(=O)N(Cc2ccc(Cl)cc2)[C@H](Cc2ccccc2)C(=O)NC(C)(C)C)S(C)(=O)=O)cc1. The molecule has 0 unspecified atom stereocenters. The second kappa shape index (κ2) is 13.3. The Hall–Kier alpha value is -3.36. The minimum atomic E-state index is -3.81. The quantitative estimate of drug-likeness (QED) is 0.335. The van der Waals surface area contributed by atoms with Crippen molar-refractivity contribution < 1.29 is 18.0 Å². The summed E-state index contributed by atoms with van der Waals surface area (Å²) in [4.78, 5) is 29.3. The van der Waals surface area contributed by atoms with E-state index in [2.05, 4.69) is 5.32 Å². The van der Waals surface area contributed by atoms with Gasteiger partial charge in [-0.15, -0.1) is 0 Å². The van der Waals surface area contributed by atoms with Gasteiger partial charge in [0, 0.05) is 23.5 Å². The summed E-state index contributed by atoms with van der Waals surface area (Å²) in [6.07, 6.45) is 2.13. The lowest BCUT2D eigenvalue weighted by atomic mass is 10.0. The zero-order chi connectivity index (χ0) is 29.5. The van der Waals surface area contributed by atoms with E-state index in [1.807, 2.05) is 70.2 Å². The highest BCUT2D eigenvalue weighted by atomic mass is 35.5. The number of anilines is 1. The monoisotopic (exact) mass is 583 g/mol. The number of aryl methyl sites for hydroxylation is 1. The molecule has 0 fully saturated rings. The van der Waals surface area contributed by atoms with Crippen molar-refractivity contribution in [2.75, 3.05) is 17.1 Å². The van der Waals surface area contributed by atoms with Gasteiger partial charge >= 0.3 is 0 Å². The van der Waals surface area contributed by atoms with E-state index in [9.17, 15) is 18.0 Å². The molecule has 0 spiro atoms. The number of benzene rings is 3. The normalized spacial score (nSPS) is 12.4. The van der Waals surface area contributed by atoms with E-state index in [1.54, 1.807) is 36.4 Å². The fourth-order valence-electron chi connectivity index (χ4n) is 4.30. The van der Waals surface area contributed by atoms with E-state index in [0.29, 0.717) is 10.7 Å². The van der Waals surface area contributed by atoms with Gasteiger partial charge < -0.3 is 10.2 Å². The first-order valence-electron chi connectivity index (χ1n) is 13.2.